The van der Waals surface area contributed by atoms with Crippen LogP contribution in [0.15, 0.2) is 28.2 Å². The highest BCUT2D eigenvalue weighted by Crippen LogP contribution is 2.24. The van der Waals surface area contributed by atoms with E-state index in [-0.39, 0.29) is 30.1 Å². The summed E-state index contributed by atoms with van der Waals surface area (Å²) in [4.78, 5) is 31.6. The van der Waals surface area contributed by atoms with Gasteiger partial charge in [-0.05, 0) is 50.6 Å². The Hall–Kier alpha value is -2.33. The highest BCUT2D eigenvalue weighted by molar-refractivity contribution is 7.98. The lowest BCUT2D eigenvalue weighted by Crippen LogP contribution is -2.21. The molecule has 2 aromatic rings. The summed E-state index contributed by atoms with van der Waals surface area (Å²) in [5.41, 5.74) is 2.43. The maximum absolute atomic E-state index is 12.4. The van der Waals surface area contributed by atoms with Crippen molar-refractivity contribution in [1.29, 1.82) is 0 Å². The summed E-state index contributed by atoms with van der Waals surface area (Å²) in [7, 11) is -3.42. The summed E-state index contributed by atoms with van der Waals surface area (Å²) in [6, 6.07) is 5.03. The number of thioether (sulfide) groups is 1. The molecule has 2 rings (SSSR count). The van der Waals surface area contributed by atoms with Gasteiger partial charge in [-0.2, -0.15) is 0 Å². The fraction of sp³-hybridized carbons (Fsp3) is 0.421. The predicted molar refractivity (Wildman–Crippen MR) is 117 cm³/mol. The van der Waals surface area contributed by atoms with Gasteiger partial charge in [-0.15, -0.1) is 0 Å². The molecule has 1 heterocycles. The fourth-order valence-electron chi connectivity index (χ4n) is 2.80. The molecular weight excluding hydrogens is 412 g/mol. The van der Waals surface area contributed by atoms with Gasteiger partial charge in [0.05, 0.1) is 11.4 Å². The van der Waals surface area contributed by atoms with Crippen molar-refractivity contribution < 1.29 is 13.2 Å². The summed E-state index contributed by atoms with van der Waals surface area (Å²) in [5.74, 6) is -0.241. The first-order chi connectivity index (χ1) is 13.7. The summed E-state index contributed by atoms with van der Waals surface area (Å²) in [5, 5.41) is 3.33. The number of aryl methyl sites for hydroxylation is 1. The highest BCUT2D eigenvalue weighted by Gasteiger charge is 2.14. The van der Waals surface area contributed by atoms with Gasteiger partial charge in [-0.25, -0.2) is 13.4 Å². The molecule has 0 unspecified atom stereocenters. The molecule has 1 aromatic heterocycles. The number of carbonyl (C=O) groups is 1. The molecule has 10 heteroatoms. The first-order valence-corrected chi connectivity index (χ1v) is 12.1. The zero-order valence-corrected chi connectivity index (χ0v) is 18.6. The lowest BCUT2D eigenvalue weighted by molar-refractivity contribution is -0.116. The minimum absolute atomic E-state index is 0.0281. The van der Waals surface area contributed by atoms with Gasteiger partial charge in [0.2, 0.25) is 15.9 Å². The Kier molecular flexibility index (Phi) is 7.86. The Morgan fingerprint density at radius 1 is 1.24 bits per heavy atom. The van der Waals surface area contributed by atoms with Crippen LogP contribution >= 0.6 is 11.8 Å². The molecule has 1 amide bonds. The van der Waals surface area contributed by atoms with Crippen molar-refractivity contribution in [1.82, 2.24) is 9.97 Å². The van der Waals surface area contributed by atoms with E-state index in [9.17, 15) is 18.0 Å². The predicted octanol–water partition coefficient (Wildman–Crippen LogP) is 2.83. The first kappa shape index (κ1) is 23.0. The van der Waals surface area contributed by atoms with E-state index in [0.717, 1.165) is 0 Å². The van der Waals surface area contributed by atoms with Crippen molar-refractivity contribution in [3.8, 4) is 0 Å². The number of nitrogens with zero attached hydrogens (tertiary/aromatic N) is 1. The normalized spacial score (nSPS) is 11.3. The van der Waals surface area contributed by atoms with Gasteiger partial charge >= 0.3 is 0 Å². The van der Waals surface area contributed by atoms with E-state index in [4.69, 9.17) is 0 Å². The Balaban J connectivity index is 2.08. The molecule has 3 N–H and O–H groups in total. The summed E-state index contributed by atoms with van der Waals surface area (Å²) >= 11 is 1.35. The average molecular weight is 439 g/mol. The standard InChI is InChI=1S/C19H26N4O4S2/c1-5-11-29(26,27)23-16-8-6-7-15(12(16)2)21-17(24)10-9-14-13(3)20-19(28-4)22-18(14)25/h6-8,23H,5,9-11H2,1-4H3,(H,21,24)(H,20,22,25). The number of H-pyrrole nitrogens is 1. The molecule has 0 radical (unpaired) electrons. The summed E-state index contributed by atoms with van der Waals surface area (Å²) in [6.07, 6.45) is 2.70. The second-order valence-corrected chi connectivity index (χ2v) is 9.22. The van der Waals surface area contributed by atoms with E-state index in [2.05, 4.69) is 20.0 Å². The van der Waals surface area contributed by atoms with Crippen molar-refractivity contribution in [3.63, 3.8) is 0 Å². The maximum Gasteiger partial charge on any atom is 0.254 e. The van der Waals surface area contributed by atoms with E-state index >= 15 is 0 Å². The van der Waals surface area contributed by atoms with Crippen LogP contribution in [0, 0.1) is 13.8 Å². The van der Waals surface area contributed by atoms with Crippen molar-refractivity contribution in [2.75, 3.05) is 22.0 Å². The van der Waals surface area contributed by atoms with Gasteiger partial charge in [-0.1, -0.05) is 24.8 Å². The Morgan fingerprint density at radius 2 is 1.93 bits per heavy atom. The van der Waals surface area contributed by atoms with Gasteiger partial charge in [0.15, 0.2) is 5.16 Å². The highest BCUT2D eigenvalue weighted by atomic mass is 32.2. The molecule has 8 nitrogen and oxygen atoms in total. The molecule has 29 heavy (non-hydrogen) atoms. The van der Waals surface area contributed by atoms with Crippen LogP contribution in [-0.2, 0) is 21.2 Å². The molecule has 0 aliphatic carbocycles. The van der Waals surface area contributed by atoms with Crippen molar-refractivity contribution in [2.24, 2.45) is 0 Å². The minimum atomic E-state index is -3.42. The van der Waals surface area contributed by atoms with Crippen molar-refractivity contribution >= 4 is 39.1 Å². The monoisotopic (exact) mass is 438 g/mol. The molecule has 1 aromatic carbocycles. The molecule has 0 aliphatic rings. The topological polar surface area (TPSA) is 121 Å². The Morgan fingerprint density at radius 3 is 2.55 bits per heavy atom. The second kappa shape index (κ2) is 9.93. The van der Waals surface area contributed by atoms with Crippen LogP contribution in [0.3, 0.4) is 0 Å². The molecule has 0 spiro atoms. The SMILES string of the molecule is CCCS(=O)(=O)Nc1cccc(NC(=O)CCc2c(C)nc(SC)[nH]c2=O)c1C. The van der Waals surface area contributed by atoms with Gasteiger partial charge < -0.3 is 10.3 Å². The van der Waals surface area contributed by atoms with Crippen molar-refractivity contribution in [3.05, 3.63) is 45.4 Å². The number of amides is 1. The molecule has 0 atom stereocenters. The third-order valence-electron chi connectivity index (χ3n) is 4.34. The number of nitrogens with one attached hydrogen (secondary N) is 3. The molecule has 0 fully saturated rings. The van der Waals surface area contributed by atoms with Crippen LogP contribution in [0.1, 0.15) is 36.6 Å². The van der Waals surface area contributed by atoms with Crippen LogP contribution in [-0.4, -0.2) is 36.3 Å². The zero-order valence-electron chi connectivity index (χ0n) is 17.0. The molecule has 0 saturated heterocycles. The molecule has 0 bridgehead atoms. The number of carbonyl (C=O) groups excluding carboxylic acids is 1. The van der Waals surface area contributed by atoms with Gasteiger partial charge in [0.1, 0.15) is 0 Å². The number of hydrogen-bond acceptors (Lipinski definition) is 6. The van der Waals surface area contributed by atoms with E-state index in [1.165, 1.54) is 11.8 Å². The van der Waals surface area contributed by atoms with Crippen LogP contribution in [0.4, 0.5) is 11.4 Å². The number of rotatable bonds is 9. The number of sulfonamides is 1. The second-order valence-electron chi connectivity index (χ2n) is 6.59. The van der Waals surface area contributed by atoms with E-state index in [0.29, 0.717) is 39.8 Å². The van der Waals surface area contributed by atoms with E-state index in [1.807, 2.05) is 6.26 Å². The Bertz CT molecular complexity index is 1050. The van der Waals surface area contributed by atoms with Gasteiger partial charge in [0, 0.05) is 23.4 Å². The number of aromatic amines is 1. The third-order valence-corrected chi connectivity index (χ3v) is 6.40. The first-order valence-electron chi connectivity index (χ1n) is 9.20. The van der Waals surface area contributed by atoms with Crippen LogP contribution in [0.5, 0.6) is 0 Å². The average Bonchev–Trinajstić information content (AvgIpc) is 2.63. The van der Waals surface area contributed by atoms with Crippen LogP contribution in [0.2, 0.25) is 0 Å². The lowest BCUT2D eigenvalue weighted by Gasteiger charge is -2.14. The van der Waals surface area contributed by atoms with Crippen molar-refractivity contribution in [2.45, 2.75) is 45.2 Å². The van der Waals surface area contributed by atoms with Crippen LogP contribution < -0.4 is 15.6 Å². The zero-order chi connectivity index (χ0) is 21.6. The Labute approximate surface area is 175 Å². The van der Waals surface area contributed by atoms with E-state index < -0.39 is 10.0 Å². The molecule has 0 saturated carbocycles. The fourth-order valence-corrected chi connectivity index (χ4v) is 4.41. The summed E-state index contributed by atoms with van der Waals surface area (Å²) in [6.45, 7) is 5.28. The smallest absolute Gasteiger partial charge is 0.254 e. The maximum atomic E-state index is 12.4. The number of hydrogen-bond donors (Lipinski definition) is 3. The summed E-state index contributed by atoms with van der Waals surface area (Å²) < 4.78 is 26.6. The van der Waals surface area contributed by atoms with Gasteiger partial charge in [0.25, 0.3) is 5.56 Å². The molecular formula is C19H26N4O4S2. The van der Waals surface area contributed by atoms with Gasteiger partial charge in [-0.3, -0.25) is 14.3 Å². The number of anilines is 2. The quantitative estimate of drug-likeness (QED) is 0.409. The largest absolute Gasteiger partial charge is 0.326 e. The third kappa shape index (κ3) is 6.33. The van der Waals surface area contributed by atoms with Crippen LogP contribution in [0.25, 0.3) is 0 Å². The number of aromatic nitrogens is 2. The number of benzene rings is 1. The molecule has 0 aliphatic heterocycles. The molecule has 158 valence electrons. The lowest BCUT2D eigenvalue weighted by atomic mass is 10.1. The minimum Gasteiger partial charge on any atom is -0.326 e. The van der Waals surface area contributed by atoms with E-state index in [1.54, 1.807) is 39.0 Å².